The molecule has 0 unspecified atom stereocenters. The van der Waals surface area contributed by atoms with E-state index < -0.39 is 0 Å². The fraction of sp³-hybridized carbons (Fsp3) is 0.900. The SMILES string of the molecule is CC[C@H]1OC(=O)[C@H](C)[C@H](C)[C@H]1C. The van der Waals surface area contributed by atoms with Crippen molar-refractivity contribution in [2.75, 3.05) is 0 Å². The van der Waals surface area contributed by atoms with Crippen molar-refractivity contribution in [3.8, 4) is 0 Å². The Morgan fingerprint density at radius 1 is 1.25 bits per heavy atom. The van der Waals surface area contributed by atoms with Crippen molar-refractivity contribution in [3.05, 3.63) is 0 Å². The molecule has 0 bridgehead atoms. The lowest BCUT2D eigenvalue weighted by Gasteiger charge is -2.36. The van der Waals surface area contributed by atoms with Gasteiger partial charge in [0.25, 0.3) is 0 Å². The lowest BCUT2D eigenvalue weighted by molar-refractivity contribution is -0.169. The van der Waals surface area contributed by atoms with Gasteiger partial charge in [-0.1, -0.05) is 27.7 Å². The molecule has 1 saturated heterocycles. The highest BCUT2D eigenvalue weighted by atomic mass is 16.5. The zero-order valence-electron chi connectivity index (χ0n) is 8.33. The molecule has 0 saturated carbocycles. The summed E-state index contributed by atoms with van der Waals surface area (Å²) in [5.41, 5.74) is 0. The predicted octanol–water partition coefficient (Wildman–Crippen LogP) is 2.23. The van der Waals surface area contributed by atoms with Gasteiger partial charge in [-0.15, -0.1) is 0 Å². The highest BCUT2D eigenvalue weighted by molar-refractivity contribution is 5.73. The molecule has 0 aromatic rings. The molecule has 0 N–H and O–H groups in total. The van der Waals surface area contributed by atoms with Crippen molar-refractivity contribution < 1.29 is 9.53 Å². The number of hydrogen-bond donors (Lipinski definition) is 0. The van der Waals surface area contributed by atoms with Crippen molar-refractivity contribution in [2.45, 2.75) is 40.2 Å². The van der Waals surface area contributed by atoms with Gasteiger partial charge in [0.05, 0.1) is 5.92 Å². The average molecular weight is 170 g/mol. The third kappa shape index (κ3) is 1.47. The Morgan fingerprint density at radius 3 is 2.33 bits per heavy atom. The third-order valence-corrected chi connectivity index (χ3v) is 3.25. The van der Waals surface area contributed by atoms with Crippen LogP contribution >= 0.6 is 0 Å². The number of rotatable bonds is 1. The molecular weight excluding hydrogens is 152 g/mol. The Balaban J connectivity index is 2.70. The van der Waals surface area contributed by atoms with E-state index in [1.807, 2.05) is 6.92 Å². The minimum atomic E-state index is -0.0209. The summed E-state index contributed by atoms with van der Waals surface area (Å²) in [7, 11) is 0. The molecule has 1 heterocycles. The molecule has 1 aliphatic rings. The molecule has 0 aromatic heterocycles. The zero-order chi connectivity index (χ0) is 9.30. The normalized spacial score (nSPS) is 42.5. The van der Waals surface area contributed by atoms with Gasteiger partial charge in [-0.2, -0.15) is 0 Å². The predicted molar refractivity (Wildman–Crippen MR) is 47.7 cm³/mol. The van der Waals surface area contributed by atoms with Crippen molar-refractivity contribution >= 4 is 5.97 Å². The average Bonchev–Trinajstić information content (AvgIpc) is 2.08. The van der Waals surface area contributed by atoms with Crippen LogP contribution in [0.2, 0.25) is 0 Å². The van der Waals surface area contributed by atoms with E-state index in [0.717, 1.165) is 6.42 Å². The quantitative estimate of drug-likeness (QED) is 0.564. The minimum Gasteiger partial charge on any atom is -0.462 e. The van der Waals surface area contributed by atoms with Gasteiger partial charge in [0.15, 0.2) is 0 Å². The van der Waals surface area contributed by atoms with Crippen molar-refractivity contribution in [1.82, 2.24) is 0 Å². The van der Waals surface area contributed by atoms with Crippen LogP contribution < -0.4 is 0 Å². The molecule has 0 radical (unpaired) electrons. The summed E-state index contributed by atoms with van der Waals surface area (Å²) >= 11 is 0. The standard InChI is InChI=1S/C10H18O2/c1-5-9-7(3)6(2)8(4)10(11)12-9/h6-9H,5H2,1-4H3/t6-,7-,8-,9-/m1/s1. The molecular formula is C10H18O2. The van der Waals surface area contributed by atoms with Crippen LogP contribution in [0.25, 0.3) is 0 Å². The molecule has 70 valence electrons. The maximum Gasteiger partial charge on any atom is 0.309 e. The Morgan fingerprint density at radius 2 is 1.83 bits per heavy atom. The number of carbonyl (C=O) groups excluding carboxylic acids is 1. The Hall–Kier alpha value is -0.530. The molecule has 0 amide bonds. The second-order valence-corrected chi connectivity index (χ2v) is 3.89. The second-order valence-electron chi connectivity index (χ2n) is 3.89. The first-order chi connectivity index (χ1) is 5.57. The van der Waals surface area contributed by atoms with Crippen LogP contribution in [-0.2, 0) is 9.53 Å². The Labute approximate surface area is 74.3 Å². The summed E-state index contributed by atoms with van der Waals surface area (Å²) in [6, 6.07) is 0. The van der Waals surface area contributed by atoms with Gasteiger partial charge in [-0.05, 0) is 18.3 Å². The van der Waals surface area contributed by atoms with E-state index in [9.17, 15) is 4.79 Å². The van der Waals surface area contributed by atoms with Gasteiger partial charge in [0.1, 0.15) is 6.10 Å². The molecule has 0 spiro atoms. The fourth-order valence-electron chi connectivity index (χ4n) is 1.83. The maximum atomic E-state index is 11.3. The molecule has 1 rings (SSSR count). The van der Waals surface area contributed by atoms with Gasteiger partial charge in [-0.25, -0.2) is 0 Å². The van der Waals surface area contributed by atoms with Crippen LogP contribution in [0.1, 0.15) is 34.1 Å². The van der Waals surface area contributed by atoms with E-state index in [1.54, 1.807) is 0 Å². The fourth-order valence-corrected chi connectivity index (χ4v) is 1.83. The number of esters is 1. The largest absolute Gasteiger partial charge is 0.462 e. The van der Waals surface area contributed by atoms with Gasteiger partial charge in [0.2, 0.25) is 0 Å². The van der Waals surface area contributed by atoms with Crippen LogP contribution in [0.15, 0.2) is 0 Å². The van der Waals surface area contributed by atoms with E-state index in [4.69, 9.17) is 4.74 Å². The zero-order valence-corrected chi connectivity index (χ0v) is 8.33. The van der Waals surface area contributed by atoms with E-state index in [2.05, 4.69) is 20.8 Å². The van der Waals surface area contributed by atoms with Gasteiger partial charge >= 0.3 is 5.97 Å². The molecule has 0 aromatic carbocycles. The summed E-state index contributed by atoms with van der Waals surface area (Å²) in [5, 5.41) is 0. The number of carbonyl (C=O) groups is 1. The molecule has 4 atom stereocenters. The van der Waals surface area contributed by atoms with Gasteiger partial charge in [0, 0.05) is 0 Å². The molecule has 0 aliphatic carbocycles. The van der Waals surface area contributed by atoms with Crippen LogP contribution in [0, 0.1) is 17.8 Å². The first kappa shape index (κ1) is 9.56. The first-order valence-electron chi connectivity index (χ1n) is 4.78. The summed E-state index contributed by atoms with van der Waals surface area (Å²) in [4.78, 5) is 11.3. The van der Waals surface area contributed by atoms with Gasteiger partial charge < -0.3 is 4.74 Å². The second kappa shape index (κ2) is 3.46. The third-order valence-electron chi connectivity index (χ3n) is 3.25. The van der Waals surface area contributed by atoms with Crippen molar-refractivity contribution in [2.24, 2.45) is 17.8 Å². The minimum absolute atomic E-state index is 0.0209. The Bertz CT molecular complexity index is 175. The number of cyclic esters (lactones) is 1. The van der Waals surface area contributed by atoms with Crippen LogP contribution in [0.3, 0.4) is 0 Å². The maximum absolute atomic E-state index is 11.3. The molecule has 1 aliphatic heterocycles. The highest BCUT2D eigenvalue weighted by Crippen LogP contribution is 2.32. The lowest BCUT2D eigenvalue weighted by Crippen LogP contribution is -2.41. The van der Waals surface area contributed by atoms with Crippen LogP contribution in [-0.4, -0.2) is 12.1 Å². The van der Waals surface area contributed by atoms with Crippen LogP contribution in [0.4, 0.5) is 0 Å². The topological polar surface area (TPSA) is 26.3 Å². The smallest absolute Gasteiger partial charge is 0.309 e. The summed E-state index contributed by atoms with van der Waals surface area (Å²) < 4.78 is 5.29. The molecule has 1 fully saturated rings. The van der Waals surface area contributed by atoms with Crippen molar-refractivity contribution in [1.29, 1.82) is 0 Å². The summed E-state index contributed by atoms with van der Waals surface area (Å²) in [6.07, 6.45) is 1.08. The van der Waals surface area contributed by atoms with E-state index in [1.165, 1.54) is 0 Å². The highest BCUT2D eigenvalue weighted by Gasteiger charge is 2.37. The van der Waals surface area contributed by atoms with E-state index in [0.29, 0.717) is 11.8 Å². The number of ether oxygens (including phenoxy) is 1. The van der Waals surface area contributed by atoms with E-state index >= 15 is 0 Å². The summed E-state index contributed by atoms with van der Waals surface area (Å²) in [5.74, 6) is 1.01. The van der Waals surface area contributed by atoms with Crippen LogP contribution in [0.5, 0.6) is 0 Å². The van der Waals surface area contributed by atoms with Gasteiger partial charge in [-0.3, -0.25) is 4.79 Å². The van der Waals surface area contributed by atoms with Crippen molar-refractivity contribution in [3.63, 3.8) is 0 Å². The summed E-state index contributed by atoms with van der Waals surface area (Å²) in [6.45, 7) is 8.33. The number of hydrogen-bond acceptors (Lipinski definition) is 2. The molecule has 12 heavy (non-hydrogen) atoms. The first-order valence-corrected chi connectivity index (χ1v) is 4.78. The van der Waals surface area contributed by atoms with E-state index in [-0.39, 0.29) is 18.0 Å². The molecule has 2 nitrogen and oxygen atoms in total. The molecule has 2 heteroatoms. The lowest BCUT2D eigenvalue weighted by atomic mass is 9.79. The Kier molecular flexibility index (Phi) is 2.76. The monoisotopic (exact) mass is 170 g/mol.